The molecule has 0 spiro atoms. The third-order valence-electron chi connectivity index (χ3n) is 2.95. The Kier molecular flexibility index (Phi) is 5.12. The Morgan fingerprint density at radius 1 is 1.11 bits per heavy atom. The molecule has 0 aliphatic carbocycles. The van der Waals surface area contributed by atoms with Gasteiger partial charge in [0.1, 0.15) is 0 Å². The van der Waals surface area contributed by atoms with Crippen molar-refractivity contribution in [2.75, 3.05) is 0 Å². The SMILES string of the molecule is Cc1ccc(CC(O)c2ccc(I)c(Cl)c2)c(Cl)c1. The first kappa shape index (κ1) is 15.1. The summed E-state index contributed by atoms with van der Waals surface area (Å²) in [6.45, 7) is 1.99. The maximum absolute atomic E-state index is 10.3. The summed E-state index contributed by atoms with van der Waals surface area (Å²) in [7, 11) is 0. The van der Waals surface area contributed by atoms with Crippen molar-refractivity contribution >= 4 is 45.8 Å². The fourth-order valence-corrected chi connectivity index (χ4v) is 2.70. The lowest BCUT2D eigenvalue weighted by Crippen LogP contribution is -2.02. The number of hydrogen-bond acceptors (Lipinski definition) is 1. The average Bonchev–Trinajstić information content (AvgIpc) is 2.36. The second-order valence-corrected chi connectivity index (χ2v) is 6.46. The molecule has 2 rings (SSSR count). The van der Waals surface area contributed by atoms with Gasteiger partial charge in [-0.1, -0.05) is 41.4 Å². The topological polar surface area (TPSA) is 20.2 Å². The van der Waals surface area contributed by atoms with E-state index in [0.29, 0.717) is 16.5 Å². The van der Waals surface area contributed by atoms with Crippen molar-refractivity contribution in [1.82, 2.24) is 0 Å². The zero-order chi connectivity index (χ0) is 14.0. The highest BCUT2D eigenvalue weighted by atomic mass is 127. The first-order valence-electron chi connectivity index (χ1n) is 5.85. The van der Waals surface area contributed by atoms with Gasteiger partial charge in [-0.15, -0.1) is 0 Å². The quantitative estimate of drug-likeness (QED) is 0.696. The van der Waals surface area contributed by atoms with Crippen molar-refractivity contribution in [3.05, 3.63) is 66.7 Å². The molecular weight excluding hydrogens is 394 g/mol. The van der Waals surface area contributed by atoms with E-state index in [1.807, 2.05) is 37.3 Å². The van der Waals surface area contributed by atoms with E-state index < -0.39 is 6.10 Å². The van der Waals surface area contributed by atoms with Gasteiger partial charge in [0.05, 0.1) is 11.1 Å². The zero-order valence-electron chi connectivity index (χ0n) is 10.3. The molecule has 0 bridgehead atoms. The van der Waals surface area contributed by atoms with Gasteiger partial charge in [0.25, 0.3) is 0 Å². The number of hydrogen-bond donors (Lipinski definition) is 1. The van der Waals surface area contributed by atoms with Crippen molar-refractivity contribution in [2.24, 2.45) is 0 Å². The number of aryl methyl sites for hydroxylation is 1. The average molecular weight is 407 g/mol. The minimum absolute atomic E-state index is 0.482. The predicted octanol–water partition coefficient (Wildman–Crippen LogP) is 5.18. The summed E-state index contributed by atoms with van der Waals surface area (Å²) in [6.07, 6.45) is -0.120. The van der Waals surface area contributed by atoms with Crippen molar-refractivity contribution in [1.29, 1.82) is 0 Å². The molecule has 2 aromatic rings. The van der Waals surface area contributed by atoms with Crippen molar-refractivity contribution in [2.45, 2.75) is 19.4 Å². The van der Waals surface area contributed by atoms with Crippen LogP contribution < -0.4 is 0 Å². The Bertz CT molecular complexity index is 599. The Balaban J connectivity index is 2.20. The van der Waals surface area contributed by atoms with Gasteiger partial charge >= 0.3 is 0 Å². The van der Waals surface area contributed by atoms with Crippen LogP contribution in [0, 0.1) is 10.5 Å². The molecule has 0 fully saturated rings. The molecular formula is C15H13Cl2IO. The molecule has 0 amide bonds. The number of halogens is 3. The number of aliphatic hydroxyl groups is 1. The summed E-state index contributed by atoms with van der Waals surface area (Å²) < 4.78 is 0.976. The highest BCUT2D eigenvalue weighted by Crippen LogP contribution is 2.27. The van der Waals surface area contributed by atoms with Crippen LogP contribution in [0.15, 0.2) is 36.4 Å². The molecule has 4 heteroatoms. The lowest BCUT2D eigenvalue weighted by Gasteiger charge is -2.13. The van der Waals surface area contributed by atoms with Crippen molar-refractivity contribution < 1.29 is 5.11 Å². The Labute approximate surface area is 136 Å². The van der Waals surface area contributed by atoms with Gasteiger partial charge in [0, 0.05) is 15.0 Å². The van der Waals surface area contributed by atoms with E-state index in [2.05, 4.69) is 22.6 Å². The van der Waals surface area contributed by atoms with E-state index in [4.69, 9.17) is 23.2 Å². The van der Waals surface area contributed by atoms with E-state index in [1.54, 1.807) is 6.07 Å². The highest BCUT2D eigenvalue weighted by molar-refractivity contribution is 14.1. The van der Waals surface area contributed by atoms with Crippen LogP contribution in [-0.2, 0) is 6.42 Å². The normalized spacial score (nSPS) is 12.5. The molecule has 1 N–H and O–H groups in total. The first-order chi connectivity index (χ1) is 8.97. The van der Waals surface area contributed by atoms with Gasteiger partial charge in [-0.05, 0) is 64.4 Å². The smallest absolute Gasteiger partial charge is 0.0831 e. The van der Waals surface area contributed by atoms with Crippen LogP contribution in [0.1, 0.15) is 22.8 Å². The standard InChI is InChI=1S/C15H13Cl2IO/c1-9-2-3-10(12(16)6-9)8-15(19)11-4-5-14(18)13(17)7-11/h2-7,15,19H,8H2,1H3. The maximum atomic E-state index is 10.3. The highest BCUT2D eigenvalue weighted by Gasteiger charge is 2.12. The van der Waals surface area contributed by atoms with E-state index >= 15 is 0 Å². The molecule has 0 saturated carbocycles. The summed E-state index contributed by atoms with van der Waals surface area (Å²) >= 11 is 14.4. The van der Waals surface area contributed by atoms with Crippen LogP contribution in [0.2, 0.25) is 10.0 Å². The Hall–Kier alpha value is -0.290. The monoisotopic (exact) mass is 406 g/mol. The van der Waals surface area contributed by atoms with Crippen LogP contribution in [0.4, 0.5) is 0 Å². The minimum Gasteiger partial charge on any atom is -0.388 e. The summed E-state index contributed by atoms with van der Waals surface area (Å²) in [4.78, 5) is 0. The first-order valence-corrected chi connectivity index (χ1v) is 7.69. The molecule has 1 nitrogen and oxygen atoms in total. The van der Waals surface area contributed by atoms with Crippen LogP contribution in [-0.4, -0.2) is 5.11 Å². The Morgan fingerprint density at radius 3 is 2.47 bits per heavy atom. The summed E-state index contributed by atoms with van der Waals surface area (Å²) in [5, 5.41) is 11.6. The molecule has 0 saturated heterocycles. The fourth-order valence-electron chi connectivity index (χ4n) is 1.86. The zero-order valence-corrected chi connectivity index (χ0v) is 14.0. The molecule has 2 aromatic carbocycles. The van der Waals surface area contributed by atoms with Crippen LogP contribution in [0.25, 0.3) is 0 Å². The minimum atomic E-state index is -0.602. The van der Waals surface area contributed by atoms with E-state index in [-0.39, 0.29) is 0 Å². The third-order valence-corrected chi connectivity index (χ3v) is 4.87. The lowest BCUT2D eigenvalue weighted by molar-refractivity contribution is 0.178. The number of rotatable bonds is 3. The molecule has 1 unspecified atom stereocenters. The van der Waals surface area contributed by atoms with Crippen LogP contribution in [0.5, 0.6) is 0 Å². The van der Waals surface area contributed by atoms with Crippen LogP contribution >= 0.6 is 45.8 Å². The second kappa shape index (κ2) is 6.44. The lowest BCUT2D eigenvalue weighted by atomic mass is 10.0. The second-order valence-electron chi connectivity index (χ2n) is 4.49. The van der Waals surface area contributed by atoms with E-state index in [1.165, 1.54) is 0 Å². The van der Waals surface area contributed by atoms with E-state index in [9.17, 15) is 5.11 Å². The van der Waals surface area contributed by atoms with Gasteiger partial charge in [-0.25, -0.2) is 0 Å². The molecule has 0 aliphatic heterocycles. The molecule has 19 heavy (non-hydrogen) atoms. The fraction of sp³-hybridized carbons (Fsp3) is 0.200. The van der Waals surface area contributed by atoms with E-state index in [0.717, 1.165) is 20.3 Å². The van der Waals surface area contributed by atoms with Gasteiger partial charge in [0.15, 0.2) is 0 Å². The third kappa shape index (κ3) is 3.85. The summed E-state index contributed by atoms with van der Waals surface area (Å²) in [5.74, 6) is 0. The molecule has 0 aromatic heterocycles. The van der Waals surface area contributed by atoms with Gasteiger partial charge < -0.3 is 5.11 Å². The molecule has 0 radical (unpaired) electrons. The van der Waals surface area contributed by atoms with Crippen molar-refractivity contribution in [3.63, 3.8) is 0 Å². The van der Waals surface area contributed by atoms with Gasteiger partial charge in [-0.3, -0.25) is 0 Å². The molecule has 0 aliphatic rings. The summed E-state index contributed by atoms with van der Waals surface area (Å²) in [5.41, 5.74) is 2.86. The summed E-state index contributed by atoms with van der Waals surface area (Å²) in [6, 6.07) is 11.4. The molecule has 0 heterocycles. The largest absolute Gasteiger partial charge is 0.388 e. The Morgan fingerprint density at radius 2 is 1.84 bits per heavy atom. The number of benzene rings is 2. The molecule has 100 valence electrons. The van der Waals surface area contributed by atoms with Gasteiger partial charge in [0.2, 0.25) is 0 Å². The molecule has 1 atom stereocenters. The van der Waals surface area contributed by atoms with Crippen molar-refractivity contribution in [3.8, 4) is 0 Å². The van der Waals surface area contributed by atoms with Crippen LogP contribution in [0.3, 0.4) is 0 Å². The van der Waals surface area contributed by atoms with Gasteiger partial charge in [-0.2, -0.15) is 0 Å². The number of aliphatic hydroxyl groups excluding tert-OH is 1. The maximum Gasteiger partial charge on any atom is 0.0831 e. The predicted molar refractivity (Wildman–Crippen MR) is 89.0 cm³/mol.